The van der Waals surface area contributed by atoms with Crippen LogP contribution in [0.3, 0.4) is 0 Å². The molecule has 0 saturated carbocycles. The molecule has 1 amide bonds. The van der Waals surface area contributed by atoms with Crippen LogP contribution < -0.4 is 14.8 Å². The molecule has 0 bridgehead atoms. The number of rotatable bonds is 8. The maximum atomic E-state index is 12.4. The van der Waals surface area contributed by atoms with Crippen molar-refractivity contribution in [1.82, 2.24) is 10.0 Å². The molecule has 0 spiro atoms. The molecule has 0 aliphatic carbocycles. The molecule has 10 heteroatoms. The van der Waals surface area contributed by atoms with Gasteiger partial charge in [-0.05, 0) is 55.3 Å². The minimum Gasteiger partial charge on any atom is -0.351 e. The van der Waals surface area contributed by atoms with Crippen LogP contribution in [0, 0.1) is 13.8 Å². The Morgan fingerprint density at radius 2 is 1.57 bits per heavy atom. The van der Waals surface area contributed by atoms with Gasteiger partial charge in [-0.1, -0.05) is 12.1 Å². The number of hydrogen-bond donors (Lipinski definition) is 3. The second-order valence-corrected chi connectivity index (χ2v) is 9.86. The van der Waals surface area contributed by atoms with E-state index in [1.807, 2.05) is 13.0 Å². The van der Waals surface area contributed by atoms with Gasteiger partial charge in [0, 0.05) is 24.3 Å². The molecular weight excluding hydrogens is 402 g/mol. The third kappa shape index (κ3) is 6.32. The van der Waals surface area contributed by atoms with Gasteiger partial charge in [0.05, 0.1) is 11.2 Å². The number of carbonyl (C=O) groups excluding carboxylic acids is 1. The summed E-state index contributed by atoms with van der Waals surface area (Å²) in [7, 11) is -7.05. The predicted molar refractivity (Wildman–Crippen MR) is 108 cm³/mol. The van der Waals surface area contributed by atoms with Crippen molar-refractivity contribution in [2.45, 2.75) is 18.7 Å². The van der Waals surface area contributed by atoms with Gasteiger partial charge in [0.15, 0.2) is 0 Å². The van der Waals surface area contributed by atoms with Crippen LogP contribution in [0.4, 0.5) is 5.69 Å². The topological polar surface area (TPSA) is 121 Å². The molecule has 152 valence electrons. The van der Waals surface area contributed by atoms with E-state index in [0.29, 0.717) is 16.8 Å². The highest BCUT2D eigenvalue weighted by molar-refractivity contribution is 7.92. The van der Waals surface area contributed by atoms with Gasteiger partial charge in [-0.3, -0.25) is 9.52 Å². The molecule has 2 aromatic carbocycles. The van der Waals surface area contributed by atoms with E-state index < -0.39 is 26.0 Å². The molecule has 0 unspecified atom stereocenters. The van der Waals surface area contributed by atoms with E-state index in [4.69, 9.17) is 0 Å². The summed E-state index contributed by atoms with van der Waals surface area (Å²) in [6.07, 6.45) is 1.03. The van der Waals surface area contributed by atoms with Gasteiger partial charge in [-0.25, -0.2) is 21.6 Å². The lowest BCUT2D eigenvalue weighted by Gasteiger charge is -2.11. The molecule has 28 heavy (non-hydrogen) atoms. The zero-order valence-corrected chi connectivity index (χ0v) is 17.4. The number of sulfonamides is 2. The number of aryl methyl sites for hydroxylation is 2. The van der Waals surface area contributed by atoms with Crippen LogP contribution in [-0.4, -0.2) is 42.1 Å². The fourth-order valence-corrected chi connectivity index (χ4v) is 4.37. The van der Waals surface area contributed by atoms with Crippen molar-refractivity contribution in [3.63, 3.8) is 0 Å². The SMILES string of the molecule is Cc1ccc(C)c(S(=O)(=O)NCCNC(=O)c2ccc(NS(C)(=O)=O)cc2)c1. The van der Waals surface area contributed by atoms with Gasteiger partial charge in [-0.15, -0.1) is 0 Å². The molecular formula is C18H23N3O5S2. The molecule has 0 saturated heterocycles. The van der Waals surface area contributed by atoms with E-state index in [1.54, 1.807) is 19.1 Å². The van der Waals surface area contributed by atoms with Crippen LogP contribution >= 0.6 is 0 Å². The zero-order valence-electron chi connectivity index (χ0n) is 15.8. The summed E-state index contributed by atoms with van der Waals surface area (Å²) in [5.41, 5.74) is 2.16. The summed E-state index contributed by atoms with van der Waals surface area (Å²) < 4.78 is 51.9. The molecule has 0 radical (unpaired) electrons. The van der Waals surface area contributed by atoms with Crippen LogP contribution in [-0.2, 0) is 20.0 Å². The van der Waals surface area contributed by atoms with E-state index in [2.05, 4.69) is 14.8 Å². The number of nitrogens with one attached hydrogen (secondary N) is 3. The standard InChI is InChI=1S/C18H23N3O5S2/c1-13-4-5-14(2)17(12-13)28(25,26)20-11-10-19-18(22)15-6-8-16(9-7-15)21-27(3,23)24/h4-9,12,20-21H,10-11H2,1-3H3,(H,19,22). The molecule has 0 atom stereocenters. The van der Waals surface area contributed by atoms with Gasteiger partial charge >= 0.3 is 0 Å². The number of hydrogen-bond acceptors (Lipinski definition) is 5. The molecule has 0 aliphatic rings. The number of benzene rings is 2. The van der Waals surface area contributed by atoms with E-state index in [0.717, 1.165) is 11.8 Å². The number of carbonyl (C=O) groups is 1. The van der Waals surface area contributed by atoms with Gasteiger partial charge in [0.1, 0.15) is 0 Å². The van der Waals surface area contributed by atoms with Crippen molar-refractivity contribution in [1.29, 1.82) is 0 Å². The molecule has 2 rings (SSSR count). The minimum absolute atomic E-state index is 0.0369. The van der Waals surface area contributed by atoms with E-state index >= 15 is 0 Å². The Kier molecular flexibility index (Phi) is 6.81. The Morgan fingerprint density at radius 1 is 0.929 bits per heavy atom. The van der Waals surface area contributed by atoms with E-state index in [9.17, 15) is 21.6 Å². The normalized spacial score (nSPS) is 11.8. The summed E-state index contributed by atoms with van der Waals surface area (Å²) in [6.45, 7) is 3.68. The molecule has 0 heterocycles. The number of amides is 1. The molecule has 2 aromatic rings. The Bertz CT molecular complexity index is 1060. The maximum absolute atomic E-state index is 12.4. The van der Waals surface area contributed by atoms with Crippen molar-refractivity contribution in [2.75, 3.05) is 24.1 Å². The van der Waals surface area contributed by atoms with Crippen LogP contribution in [0.2, 0.25) is 0 Å². The first-order chi connectivity index (χ1) is 13.0. The van der Waals surface area contributed by atoms with Crippen LogP contribution in [0.1, 0.15) is 21.5 Å². The Labute approximate surface area is 165 Å². The molecule has 8 nitrogen and oxygen atoms in total. The summed E-state index contributed by atoms with van der Waals surface area (Å²) >= 11 is 0. The quantitative estimate of drug-likeness (QED) is 0.552. The average Bonchev–Trinajstić information content (AvgIpc) is 2.60. The Balaban J connectivity index is 1.89. The van der Waals surface area contributed by atoms with Crippen molar-refractivity contribution < 1.29 is 21.6 Å². The highest BCUT2D eigenvalue weighted by Crippen LogP contribution is 2.16. The monoisotopic (exact) mass is 425 g/mol. The highest BCUT2D eigenvalue weighted by Gasteiger charge is 2.16. The first-order valence-electron chi connectivity index (χ1n) is 8.41. The molecule has 0 fully saturated rings. The maximum Gasteiger partial charge on any atom is 0.251 e. The zero-order chi connectivity index (χ0) is 20.9. The average molecular weight is 426 g/mol. The third-order valence-electron chi connectivity index (χ3n) is 3.79. The van der Waals surface area contributed by atoms with Gasteiger partial charge < -0.3 is 5.32 Å². The van der Waals surface area contributed by atoms with Crippen LogP contribution in [0.15, 0.2) is 47.4 Å². The Morgan fingerprint density at radius 3 is 2.18 bits per heavy atom. The summed E-state index contributed by atoms with van der Waals surface area (Å²) in [5.74, 6) is -0.392. The third-order valence-corrected chi connectivity index (χ3v) is 6.00. The molecule has 0 aliphatic heterocycles. The first kappa shape index (κ1) is 21.9. The Hall–Kier alpha value is -2.43. The van der Waals surface area contributed by atoms with E-state index in [1.165, 1.54) is 24.3 Å². The summed E-state index contributed by atoms with van der Waals surface area (Å²) in [4.78, 5) is 12.3. The highest BCUT2D eigenvalue weighted by atomic mass is 32.2. The van der Waals surface area contributed by atoms with Gasteiger partial charge in [-0.2, -0.15) is 0 Å². The van der Waals surface area contributed by atoms with Crippen molar-refractivity contribution in [3.05, 3.63) is 59.2 Å². The van der Waals surface area contributed by atoms with E-state index in [-0.39, 0.29) is 18.0 Å². The lowest BCUT2D eigenvalue weighted by molar-refractivity contribution is 0.0954. The fourth-order valence-electron chi connectivity index (χ4n) is 2.44. The predicted octanol–water partition coefficient (Wildman–Crippen LogP) is 1.38. The van der Waals surface area contributed by atoms with Crippen molar-refractivity contribution in [2.24, 2.45) is 0 Å². The summed E-state index contributed by atoms with van der Waals surface area (Å²) in [6, 6.07) is 11.1. The lowest BCUT2D eigenvalue weighted by Crippen LogP contribution is -2.35. The molecule has 0 aromatic heterocycles. The summed E-state index contributed by atoms with van der Waals surface area (Å²) in [5, 5.41) is 2.61. The van der Waals surface area contributed by atoms with Gasteiger partial charge in [0.25, 0.3) is 5.91 Å². The largest absolute Gasteiger partial charge is 0.351 e. The minimum atomic E-state index is -3.67. The lowest BCUT2D eigenvalue weighted by atomic mass is 10.2. The van der Waals surface area contributed by atoms with Gasteiger partial charge in [0.2, 0.25) is 20.0 Å². The fraction of sp³-hybridized carbons (Fsp3) is 0.278. The van der Waals surface area contributed by atoms with Crippen molar-refractivity contribution in [3.8, 4) is 0 Å². The molecule has 3 N–H and O–H groups in total. The van der Waals surface area contributed by atoms with Crippen LogP contribution in [0.25, 0.3) is 0 Å². The number of anilines is 1. The first-order valence-corrected chi connectivity index (χ1v) is 11.8. The van der Waals surface area contributed by atoms with Crippen LogP contribution in [0.5, 0.6) is 0 Å². The smallest absolute Gasteiger partial charge is 0.251 e. The second kappa shape index (κ2) is 8.72. The van der Waals surface area contributed by atoms with Crippen molar-refractivity contribution >= 4 is 31.6 Å². The second-order valence-electron chi connectivity index (χ2n) is 6.37.